The summed E-state index contributed by atoms with van der Waals surface area (Å²) in [5.41, 5.74) is 4.50. The molecule has 32 heavy (non-hydrogen) atoms. The van der Waals surface area contributed by atoms with Gasteiger partial charge < -0.3 is 9.15 Å². The summed E-state index contributed by atoms with van der Waals surface area (Å²) in [5, 5.41) is 1.86. The minimum atomic E-state index is -0.574. The zero-order valence-corrected chi connectivity index (χ0v) is 18.5. The second-order valence-electron chi connectivity index (χ2n) is 6.96. The van der Waals surface area contributed by atoms with E-state index in [9.17, 15) is 14.4 Å². The Hall–Kier alpha value is -3.55. The van der Waals surface area contributed by atoms with Crippen LogP contribution in [0.5, 0.6) is 0 Å². The molecular formula is C23H16Cl2N2O5. The van der Waals surface area contributed by atoms with Gasteiger partial charge in [0.25, 0.3) is 11.8 Å². The molecule has 0 aliphatic carbocycles. The highest BCUT2D eigenvalue weighted by Gasteiger charge is 2.35. The number of carbonyl (C=O) groups excluding carboxylic acids is 3. The summed E-state index contributed by atoms with van der Waals surface area (Å²) in [4.78, 5) is 37.1. The van der Waals surface area contributed by atoms with Gasteiger partial charge in [0, 0.05) is 10.6 Å². The number of rotatable bonds is 4. The number of amides is 2. The highest BCUT2D eigenvalue weighted by molar-refractivity contribution is 6.34. The maximum Gasteiger partial charge on any atom is 0.339 e. The summed E-state index contributed by atoms with van der Waals surface area (Å²) in [5.74, 6) is -0.963. The Bertz CT molecular complexity index is 1300. The molecule has 0 atom stereocenters. The van der Waals surface area contributed by atoms with Crippen LogP contribution in [0.25, 0.3) is 17.4 Å². The van der Waals surface area contributed by atoms with Gasteiger partial charge in [-0.05, 0) is 61.0 Å². The molecule has 0 radical (unpaired) electrons. The topological polar surface area (TPSA) is 88.9 Å². The van der Waals surface area contributed by atoms with Crippen LogP contribution >= 0.6 is 23.2 Å². The van der Waals surface area contributed by atoms with Crippen LogP contribution in [0.4, 0.5) is 5.69 Å². The Kier molecular flexibility index (Phi) is 5.78. The van der Waals surface area contributed by atoms with Gasteiger partial charge in [-0.15, -0.1) is 0 Å². The molecule has 0 saturated carbocycles. The van der Waals surface area contributed by atoms with Crippen molar-refractivity contribution in [3.05, 3.63) is 81.0 Å². The van der Waals surface area contributed by atoms with Crippen LogP contribution in [0.3, 0.4) is 0 Å². The number of anilines is 1. The normalized spacial score (nSPS) is 14.8. The Balaban J connectivity index is 1.62. The van der Waals surface area contributed by atoms with Crippen molar-refractivity contribution < 1.29 is 23.5 Å². The molecule has 0 unspecified atom stereocenters. The maximum absolute atomic E-state index is 12.8. The van der Waals surface area contributed by atoms with Crippen LogP contribution < -0.4 is 10.4 Å². The van der Waals surface area contributed by atoms with Gasteiger partial charge in [-0.1, -0.05) is 29.3 Å². The van der Waals surface area contributed by atoms with E-state index in [0.29, 0.717) is 22.0 Å². The van der Waals surface area contributed by atoms with E-state index in [0.717, 1.165) is 10.6 Å². The van der Waals surface area contributed by atoms with Gasteiger partial charge in [-0.3, -0.25) is 15.0 Å². The van der Waals surface area contributed by atoms with Gasteiger partial charge in [-0.25, -0.2) is 9.80 Å². The molecule has 0 spiro atoms. The third-order valence-electron chi connectivity index (χ3n) is 4.87. The summed E-state index contributed by atoms with van der Waals surface area (Å²) in [6.07, 6.45) is 1.36. The molecule has 1 aromatic heterocycles. The standard InChI is InChI=1S/C23H16Cl2N2O5/c1-12-3-5-14(10-19(12)25)27-22(29)17(21(28)26-27)11-15-6-8-20(32-15)13-4-7-18(24)16(9-13)23(30)31-2/h3-11H,1-2H3,(H,26,28)/b17-11+. The molecule has 1 saturated heterocycles. The van der Waals surface area contributed by atoms with E-state index in [-0.39, 0.29) is 21.9 Å². The van der Waals surface area contributed by atoms with Crippen molar-refractivity contribution >= 4 is 52.7 Å². The summed E-state index contributed by atoms with van der Waals surface area (Å²) >= 11 is 12.2. The number of hydrogen-bond donors (Lipinski definition) is 1. The SMILES string of the molecule is COC(=O)c1cc(-c2ccc(/C=C3\C(=O)NN(c4ccc(C)c(Cl)c4)C3=O)o2)ccc1Cl. The number of halogens is 2. The Morgan fingerprint density at radius 2 is 1.84 bits per heavy atom. The van der Waals surface area contributed by atoms with Gasteiger partial charge in [0.2, 0.25) is 0 Å². The lowest BCUT2D eigenvalue weighted by atomic mass is 10.1. The van der Waals surface area contributed by atoms with Crippen LogP contribution in [0, 0.1) is 6.92 Å². The van der Waals surface area contributed by atoms with Gasteiger partial charge in [0.15, 0.2) is 0 Å². The highest BCUT2D eigenvalue weighted by atomic mass is 35.5. The van der Waals surface area contributed by atoms with E-state index in [1.54, 1.807) is 48.5 Å². The minimum absolute atomic E-state index is 0.0889. The van der Waals surface area contributed by atoms with E-state index in [2.05, 4.69) is 5.43 Å². The van der Waals surface area contributed by atoms with Crippen molar-refractivity contribution in [2.75, 3.05) is 12.1 Å². The van der Waals surface area contributed by atoms with Gasteiger partial charge in [0.1, 0.15) is 17.1 Å². The van der Waals surface area contributed by atoms with Gasteiger partial charge >= 0.3 is 5.97 Å². The Labute approximate surface area is 193 Å². The molecule has 4 rings (SSSR count). The van der Waals surface area contributed by atoms with Crippen molar-refractivity contribution in [3.63, 3.8) is 0 Å². The number of aryl methyl sites for hydroxylation is 1. The Morgan fingerprint density at radius 1 is 1.06 bits per heavy atom. The van der Waals surface area contributed by atoms with E-state index < -0.39 is 17.8 Å². The third kappa shape index (κ3) is 4.00. The second kappa shape index (κ2) is 8.53. The highest BCUT2D eigenvalue weighted by Crippen LogP contribution is 2.30. The summed E-state index contributed by atoms with van der Waals surface area (Å²) in [6.45, 7) is 1.84. The van der Waals surface area contributed by atoms with Crippen LogP contribution in [-0.2, 0) is 14.3 Å². The number of esters is 1. The van der Waals surface area contributed by atoms with Crippen LogP contribution in [0.2, 0.25) is 10.0 Å². The molecule has 9 heteroatoms. The van der Waals surface area contributed by atoms with E-state index in [4.69, 9.17) is 32.4 Å². The van der Waals surface area contributed by atoms with E-state index in [1.807, 2.05) is 6.92 Å². The largest absolute Gasteiger partial charge is 0.465 e. The monoisotopic (exact) mass is 470 g/mol. The fraction of sp³-hybridized carbons (Fsp3) is 0.0870. The van der Waals surface area contributed by atoms with Crippen molar-refractivity contribution in [2.45, 2.75) is 6.92 Å². The smallest absolute Gasteiger partial charge is 0.339 e. The molecule has 7 nitrogen and oxygen atoms in total. The molecule has 162 valence electrons. The lowest BCUT2D eigenvalue weighted by Gasteiger charge is -2.15. The van der Waals surface area contributed by atoms with Crippen LogP contribution in [0.1, 0.15) is 21.7 Å². The summed E-state index contributed by atoms with van der Waals surface area (Å²) in [7, 11) is 1.26. The number of methoxy groups -OCH3 is 1. The molecular weight excluding hydrogens is 455 g/mol. The fourth-order valence-electron chi connectivity index (χ4n) is 3.13. The van der Waals surface area contributed by atoms with Gasteiger partial charge in [0.05, 0.1) is 23.4 Å². The lowest BCUT2D eigenvalue weighted by Crippen LogP contribution is -2.35. The predicted molar refractivity (Wildman–Crippen MR) is 120 cm³/mol. The van der Waals surface area contributed by atoms with Crippen molar-refractivity contribution in [1.29, 1.82) is 0 Å². The predicted octanol–water partition coefficient (Wildman–Crippen LogP) is 4.81. The third-order valence-corrected chi connectivity index (χ3v) is 5.61. The van der Waals surface area contributed by atoms with Crippen molar-refractivity contribution in [3.8, 4) is 11.3 Å². The Morgan fingerprint density at radius 3 is 2.56 bits per heavy atom. The molecule has 2 amide bonds. The molecule has 0 bridgehead atoms. The minimum Gasteiger partial charge on any atom is -0.465 e. The van der Waals surface area contributed by atoms with E-state index in [1.165, 1.54) is 13.2 Å². The number of benzene rings is 2. The first kappa shape index (κ1) is 21.7. The molecule has 1 N–H and O–H groups in total. The number of hydrogen-bond acceptors (Lipinski definition) is 5. The lowest BCUT2D eigenvalue weighted by molar-refractivity contribution is -0.117. The molecule has 3 aromatic rings. The first-order valence-electron chi connectivity index (χ1n) is 9.40. The fourth-order valence-corrected chi connectivity index (χ4v) is 3.50. The second-order valence-corrected chi connectivity index (χ2v) is 7.78. The van der Waals surface area contributed by atoms with Gasteiger partial charge in [-0.2, -0.15) is 0 Å². The summed E-state index contributed by atoms with van der Waals surface area (Å²) < 4.78 is 10.5. The van der Waals surface area contributed by atoms with E-state index >= 15 is 0 Å². The number of ether oxygens (including phenoxy) is 1. The molecule has 1 aliphatic heterocycles. The van der Waals surface area contributed by atoms with Crippen molar-refractivity contribution in [2.24, 2.45) is 0 Å². The zero-order chi connectivity index (χ0) is 23.0. The number of furan rings is 1. The van der Waals surface area contributed by atoms with Crippen LogP contribution in [-0.4, -0.2) is 24.9 Å². The average molecular weight is 471 g/mol. The number of nitrogens with one attached hydrogen (secondary N) is 1. The molecule has 1 aliphatic rings. The first-order valence-corrected chi connectivity index (χ1v) is 10.2. The quantitative estimate of drug-likeness (QED) is 0.335. The number of nitrogens with zero attached hydrogens (tertiary/aromatic N) is 1. The number of hydrazine groups is 1. The molecule has 2 heterocycles. The molecule has 2 aromatic carbocycles. The zero-order valence-electron chi connectivity index (χ0n) is 16.9. The first-order chi connectivity index (χ1) is 15.3. The summed E-state index contributed by atoms with van der Waals surface area (Å²) in [6, 6.07) is 13.1. The maximum atomic E-state index is 12.8. The van der Waals surface area contributed by atoms with Crippen LogP contribution in [0.15, 0.2) is 58.5 Å². The average Bonchev–Trinajstić information content (AvgIpc) is 3.36. The molecule has 1 fully saturated rings. The van der Waals surface area contributed by atoms with Crippen molar-refractivity contribution in [1.82, 2.24) is 5.43 Å². The number of carbonyl (C=O) groups is 3.